The first-order valence-electron chi connectivity index (χ1n) is 7.55. The zero-order chi connectivity index (χ0) is 17.9. The number of guanidine groups is 1. The van der Waals surface area contributed by atoms with Crippen LogP contribution in [0.2, 0.25) is 0 Å². The number of nitrogens with two attached hydrogens (primary N) is 1. The van der Waals surface area contributed by atoms with E-state index in [4.69, 9.17) is 16.4 Å². The molecular formula is C16H22N6O2. The van der Waals surface area contributed by atoms with Crippen molar-refractivity contribution in [3.05, 3.63) is 29.8 Å². The molecule has 24 heavy (non-hydrogen) atoms. The van der Waals surface area contributed by atoms with Gasteiger partial charge in [-0.1, -0.05) is 6.92 Å². The van der Waals surface area contributed by atoms with Crippen molar-refractivity contribution in [2.24, 2.45) is 11.7 Å². The number of rotatable bonds is 8. The van der Waals surface area contributed by atoms with E-state index in [9.17, 15) is 9.59 Å². The summed E-state index contributed by atoms with van der Waals surface area (Å²) in [6, 6.07) is 8.46. The van der Waals surface area contributed by atoms with Crippen LogP contribution in [-0.2, 0) is 4.79 Å². The van der Waals surface area contributed by atoms with Crippen molar-refractivity contribution in [1.29, 1.82) is 10.7 Å². The molecule has 0 spiro atoms. The molecule has 6 N–H and O–H groups in total. The van der Waals surface area contributed by atoms with E-state index in [1.165, 1.54) is 0 Å². The van der Waals surface area contributed by atoms with Crippen LogP contribution in [-0.4, -0.2) is 30.9 Å². The quantitative estimate of drug-likeness (QED) is 0.272. The summed E-state index contributed by atoms with van der Waals surface area (Å²) < 4.78 is 0. The fraction of sp³-hybridized carbons (Fsp3) is 0.375. The Morgan fingerprint density at radius 3 is 2.54 bits per heavy atom. The highest BCUT2D eigenvalue weighted by Gasteiger charge is 2.10. The second-order valence-electron chi connectivity index (χ2n) is 5.40. The standard InChI is InChI=1S/C16H22N6O2/c1-11(10-14(23)20-9-7-17)6-8-21-15(24)12-2-4-13(5-3-12)22-16(18)19/h2-5,11H,6,8-10H2,1H3,(H,20,23)(H,21,24)(H4,18,19,22). The summed E-state index contributed by atoms with van der Waals surface area (Å²) in [7, 11) is 0. The highest BCUT2D eigenvalue weighted by atomic mass is 16.2. The summed E-state index contributed by atoms with van der Waals surface area (Å²) in [5, 5.41) is 23.4. The molecule has 0 fully saturated rings. The van der Waals surface area contributed by atoms with Crippen LogP contribution in [0.1, 0.15) is 30.1 Å². The molecule has 0 aliphatic rings. The van der Waals surface area contributed by atoms with E-state index in [0.717, 1.165) is 0 Å². The maximum absolute atomic E-state index is 12.0. The van der Waals surface area contributed by atoms with Crippen molar-refractivity contribution in [1.82, 2.24) is 10.6 Å². The van der Waals surface area contributed by atoms with Crippen LogP contribution in [0.15, 0.2) is 24.3 Å². The Morgan fingerprint density at radius 1 is 1.29 bits per heavy atom. The van der Waals surface area contributed by atoms with Gasteiger partial charge in [-0.05, 0) is 36.6 Å². The molecule has 0 aliphatic heterocycles. The van der Waals surface area contributed by atoms with Gasteiger partial charge in [0.15, 0.2) is 5.96 Å². The molecule has 0 aromatic heterocycles. The van der Waals surface area contributed by atoms with E-state index in [2.05, 4.69) is 16.0 Å². The largest absolute Gasteiger partial charge is 0.370 e. The number of anilines is 1. The van der Waals surface area contributed by atoms with Gasteiger partial charge in [-0.2, -0.15) is 5.26 Å². The molecule has 0 saturated heterocycles. The van der Waals surface area contributed by atoms with Gasteiger partial charge in [0, 0.05) is 24.2 Å². The van der Waals surface area contributed by atoms with E-state index in [-0.39, 0.29) is 30.2 Å². The minimum atomic E-state index is -0.203. The van der Waals surface area contributed by atoms with Crippen LogP contribution in [0.3, 0.4) is 0 Å². The molecular weight excluding hydrogens is 308 g/mol. The van der Waals surface area contributed by atoms with Crippen LogP contribution in [0.25, 0.3) is 0 Å². The van der Waals surface area contributed by atoms with Crippen LogP contribution < -0.4 is 21.7 Å². The molecule has 8 heteroatoms. The van der Waals surface area contributed by atoms with E-state index < -0.39 is 0 Å². The Labute approximate surface area is 140 Å². The molecule has 0 bridgehead atoms. The first-order chi connectivity index (χ1) is 11.4. The Hall–Kier alpha value is -3.08. The zero-order valence-electron chi connectivity index (χ0n) is 13.6. The van der Waals surface area contributed by atoms with Crippen LogP contribution in [0.4, 0.5) is 5.69 Å². The molecule has 0 radical (unpaired) electrons. The summed E-state index contributed by atoms with van der Waals surface area (Å²) in [4.78, 5) is 23.5. The fourth-order valence-corrected chi connectivity index (χ4v) is 2.02. The molecule has 1 atom stereocenters. The maximum Gasteiger partial charge on any atom is 0.251 e. The second kappa shape index (κ2) is 9.84. The Kier molecular flexibility index (Phi) is 7.78. The van der Waals surface area contributed by atoms with Gasteiger partial charge in [0.1, 0.15) is 6.54 Å². The minimum absolute atomic E-state index is 0.0107. The Balaban J connectivity index is 2.34. The summed E-state index contributed by atoms with van der Waals surface area (Å²) in [5.74, 6) is -0.430. The van der Waals surface area contributed by atoms with Crippen molar-refractivity contribution in [2.45, 2.75) is 19.8 Å². The van der Waals surface area contributed by atoms with Gasteiger partial charge in [-0.3, -0.25) is 15.0 Å². The van der Waals surface area contributed by atoms with Crippen molar-refractivity contribution >= 4 is 23.5 Å². The van der Waals surface area contributed by atoms with Gasteiger partial charge in [-0.25, -0.2) is 0 Å². The number of nitriles is 1. The highest BCUT2D eigenvalue weighted by Crippen LogP contribution is 2.10. The summed E-state index contributed by atoms with van der Waals surface area (Å²) in [6.07, 6.45) is 0.985. The van der Waals surface area contributed by atoms with Gasteiger partial charge in [-0.15, -0.1) is 0 Å². The number of amides is 2. The van der Waals surface area contributed by atoms with Gasteiger partial charge in [0.2, 0.25) is 5.91 Å². The molecule has 2 amide bonds. The number of benzene rings is 1. The zero-order valence-corrected chi connectivity index (χ0v) is 13.6. The lowest BCUT2D eigenvalue weighted by Gasteiger charge is -2.12. The maximum atomic E-state index is 12.0. The summed E-state index contributed by atoms with van der Waals surface area (Å²) >= 11 is 0. The molecule has 128 valence electrons. The molecule has 0 aliphatic carbocycles. The molecule has 1 aromatic carbocycles. The van der Waals surface area contributed by atoms with Gasteiger partial charge < -0.3 is 21.7 Å². The van der Waals surface area contributed by atoms with Gasteiger partial charge in [0.05, 0.1) is 6.07 Å². The van der Waals surface area contributed by atoms with Crippen molar-refractivity contribution < 1.29 is 9.59 Å². The van der Waals surface area contributed by atoms with Gasteiger partial charge >= 0.3 is 0 Å². The first-order valence-corrected chi connectivity index (χ1v) is 7.55. The lowest BCUT2D eigenvalue weighted by Crippen LogP contribution is -2.28. The molecule has 0 saturated carbocycles. The highest BCUT2D eigenvalue weighted by molar-refractivity contribution is 5.95. The predicted molar refractivity (Wildman–Crippen MR) is 91.3 cm³/mol. The Bertz CT molecular complexity index is 620. The van der Waals surface area contributed by atoms with Gasteiger partial charge in [0.25, 0.3) is 5.91 Å². The first kappa shape index (κ1) is 19.0. The fourth-order valence-electron chi connectivity index (χ4n) is 2.02. The van der Waals surface area contributed by atoms with E-state index in [0.29, 0.717) is 30.6 Å². The number of nitrogens with one attached hydrogen (secondary N) is 4. The monoisotopic (exact) mass is 330 g/mol. The van der Waals surface area contributed by atoms with Crippen LogP contribution >= 0.6 is 0 Å². The second-order valence-corrected chi connectivity index (χ2v) is 5.40. The summed E-state index contributed by atoms with van der Waals surface area (Å²) in [5.41, 5.74) is 6.36. The smallest absolute Gasteiger partial charge is 0.251 e. The predicted octanol–water partition coefficient (Wildman–Crippen LogP) is 0.778. The molecule has 1 aromatic rings. The SMILES string of the molecule is CC(CCNC(=O)c1ccc(NC(=N)N)cc1)CC(=O)NCC#N. The molecule has 1 unspecified atom stereocenters. The average Bonchev–Trinajstić information content (AvgIpc) is 2.52. The number of carbonyl (C=O) groups is 2. The van der Waals surface area contributed by atoms with Crippen molar-refractivity contribution in [2.75, 3.05) is 18.4 Å². The number of hydrogen-bond donors (Lipinski definition) is 5. The Morgan fingerprint density at radius 2 is 1.96 bits per heavy atom. The number of carbonyl (C=O) groups excluding carboxylic acids is 2. The van der Waals surface area contributed by atoms with E-state index in [1.807, 2.05) is 13.0 Å². The van der Waals surface area contributed by atoms with Crippen molar-refractivity contribution in [3.8, 4) is 6.07 Å². The third-order valence-electron chi connectivity index (χ3n) is 3.25. The minimum Gasteiger partial charge on any atom is -0.370 e. The molecule has 0 heterocycles. The van der Waals surface area contributed by atoms with Crippen LogP contribution in [0, 0.1) is 22.7 Å². The third kappa shape index (κ3) is 7.26. The summed E-state index contributed by atoms with van der Waals surface area (Å²) in [6.45, 7) is 2.39. The lowest BCUT2D eigenvalue weighted by atomic mass is 10.0. The lowest BCUT2D eigenvalue weighted by molar-refractivity contribution is -0.121. The molecule has 8 nitrogen and oxygen atoms in total. The number of nitrogens with zero attached hydrogens (tertiary/aromatic N) is 1. The third-order valence-corrected chi connectivity index (χ3v) is 3.25. The van der Waals surface area contributed by atoms with E-state index >= 15 is 0 Å². The van der Waals surface area contributed by atoms with Crippen molar-refractivity contribution in [3.63, 3.8) is 0 Å². The van der Waals surface area contributed by atoms with Crippen LogP contribution in [0.5, 0.6) is 0 Å². The van der Waals surface area contributed by atoms with E-state index in [1.54, 1.807) is 24.3 Å². The number of hydrogen-bond acceptors (Lipinski definition) is 4. The normalized spacial score (nSPS) is 11.0. The average molecular weight is 330 g/mol. The molecule has 1 rings (SSSR count). The topological polar surface area (TPSA) is 144 Å².